The molecule has 3 atom stereocenters. The van der Waals surface area contributed by atoms with Crippen molar-refractivity contribution in [3.8, 4) is 0 Å². The summed E-state index contributed by atoms with van der Waals surface area (Å²) in [5.41, 5.74) is 0. The van der Waals surface area contributed by atoms with Gasteiger partial charge in [0, 0.05) is 0 Å². The molecule has 5 N–H and O–H groups in total. The zero-order valence-electron chi connectivity index (χ0n) is 10.3. The van der Waals surface area contributed by atoms with Gasteiger partial charge in [-0.1, -0.05) is 0 Å². The van der Waals surface area contributed by atoms with E-state index in [0.717, 1.165) is 0 Å². The molecular formula is C6H12Na2O9S2. The van der Waals surface area contributed by atoms with Crippen LogP contribution in [0.5, 0.6) is 0 Å². The van der Waals surface area contributed by atoms with Gasteiger partial charge in [0.2, 0.25) is 0 Å². The molecule has 9 nitrogen and oxygen atoms in total. The Hall–Kier alpha value is 1.76. The SMILES string of the molecule is O=C(CO)C(O)C(O)C(O)CO.O=S([O-])([O-])=S.[Na+].[Na+]. The molecule has 0 bridgehead atoms. The molecule has 0 aliphatic heterocycles. The Labute approximate surface area is 158 Å². The van der Waals surface area contributed by atoms with Crippen LogP contribution >= 0.6 is 0 Å². The third-order valence-corrected chi connectivity index (χ3v) is 1.39. The summed E-state index contributed by atoms with van der Waals surface area (Å²) in [5.74, 6) is -1.00. The second-order valence-corrected chi connectivity index (χ2v) is 4.76. The predicted octanol–water partition coefficient (Wildman–Crippen LogP) is -10.4. The Morgan fingerprint density at radius 2 is 1.47 bits per heavy atom. The van der Waals surface area contributed by atoms with E-state index in [0.29, 0.717) is 0 Å². The van der Waals surface area contributed by atoms with E-state index in [1.165, 1.54) is 0 Å². The van der Waals surface area contributed by atoms with Crippen molar-refractivity contribution in [1.82, 2.24) is 0 Å². The monoisotopic (exact) mass is 338 g/mol. The molecule has 19 heavy (non-hydrogen) atoms. The summed E-state index contributed by atoms with van der Waals surface area (Å²) in [7, 11) is -4.33. The van der Waals surface area contributed by atoms with Crippen LogP contribution in [0.2, 0.25) is 0 Å². The van der Waals surface area contributed by atoms with Crippen molar-refractivity contribution >= 4 is 26.0 Å². The van der Waals surface area contributed by atoms with E-state index in [-0.39, 0.29) is 59.1 Å². The van der Waals surface area contributed by atoms with E-state index in [1.807, 2.05) is 0 Å². The van der Waals surface area contributed by atoms with Crippen LogP contribution in [0.4, 0.5) is 0 Å². The number of rotatable bonds is 5. The van der Waals surface area contributed by atoms with Gasteiger partial charge in [-0.15, -0.1) is 9.05 Å². The van der Waals surface area contributed by atoms with Crippen molar-refractivity contribution in [2.45, 2.75) is 18.3 Å². The largest absolute Gasteiger partial charge is 1.00 e. The van der Waals surface area contributed by atoms with E-state index in [1.54, 1.807) is 0 Å². The Kier molecular flexibility index (Phi) is 22.3. The molecule has 0 aromatic carbocycles. The summed E-state index contributed by atoms with van der Waals surface area (Å²) in [5, 5.41) is 43.1. The maximum Gasteiger partial charge on any atom is 1.00 e. The summed E-state index contributed by atoms with van der Waals surface area (Å²) in [4.78, 5) is 10.5. The second kappa shape index (κ2) is 14.7. The van der Waals surface area contributed by atoms with Crippen molar-refractivity contribution in [2.75, 3.05) is 13.2 Å². The minimum atomic E-state index is -4.33. The predicted molar refractivity (Wildman–Crippen MR) is 54.3 cm³/mol. The summed E-state index contributed by atoms with van der Waals surface area (Å²) in [6, 6.07) is 0. The average molecular weight is 338 g/mol. The first kappa shape index (κ1) is 28.9. The summed E-state index contributed by atoms with van der Waals surface area (Å²) >= 11 is 3.24. The van der Waals surface area contributed by atoms with Crippen molar-refractivity contribution < 1.29 is 103 Å². The van der Waals surface area contributed by atoms with Crippen LogP contribution in [-0.4, -0.2) is 76.2 Å². The molecule has 0 amide bonds. The number of Topliss-reactive ketones (excluding diaryl/α,β-unsaturated/α-hetero) is 1. The second-order valence-electron chi connectivity index (χ2n) is 2.72. The topological polar surface area (TPSA) is 181 Å². The molecule has 0 rings (SSSR count). The Morgan fingerprint density at radius 1 is 1.16 bits per heavy atom. The maximum absolute atomic E-state index is 10.5. The molecule has 0 aromatic rings. The van der Waals surface area contributed by atoms with Gasteiger partial charge in [0.15, 0.2) is 5.78 Å². The van der Waals surface area contributed by atoms with Crippen molar-refractivity contribution in [2.24, 2.45) is 0 Å². The Balaban J connectivity index is -0.000000139. The van der Waals surface area contributed by atoms with E-state index < -0.39 is 46.4 Å². The van der Waals surface area contributed by atoms with Gasteiger partial charge in [-0.25, -0.2) is 0 Å². The molecule has 0 radical (unpaired) electrons. The summed E-state index contributed by atoms with van der Waals surface area (Å²) in [6.07, 6.45) is -5.22. The fourth-order valence-electron chi connectivity index (χ4n) is 0.602. The molecule has 0 aromatic heterocycles. The van der Waals surface area contributed by atoms with E-state index in [2.05, 4.69) is 11.2 Å². The first-order valence-corrected chi connectivity index (χ1v) is 6.33. The van der Waals surface area contributed by atoms with Gasteiger partial charge in [0.1, 0.15) is 24.9 Å². The molecule has 0 spiro atoms. The number of aliphatic hydroxyl groups is 5. The van der Waals surface area contributed by atoms with Crippen molar-refractivity contribution in [1.29, 1.82) is 0 Å². The van der Waals surface area contributed by atoms with Crippen LogP contribution in [0, 0.1) is 0 Å². The summed E-state index contributed by atoms with van der Waals surface area (Å²) in [6.45, 7) is -1.69. The minimum absolute atomic E-state index is 0. The van der Waals surface area contributed by atoms with Crippen LogP contribution in [0.3, 0.4) is 0 Å². The Morgan fingerprint density at radius 3 is 1.68 bits per heavy atom. The standard InChI is InChI=1S/C6H12O6.2Na.H2O3S2/c7-1-3(9)5(11)6(12)4(10)2-8;;;1-5(2,3)4/h3,5-9,11-12H,1-2H2;;;(H2,1,2,3,4)/q;2*+1;/p-2. The van der Waals surface area contributed by atoms with Crippen LogP contribution in [-0.2, 0) is 25.0 Å². The maximum atomic E-state index is 10.5. The molecule has 0 fully saturated rings. The fraction of sp³-hybridized carbons (Fsp3) is 0.833. The smallest absolute Gasteiger partial charge is 0.780 e. The molecule has 0 aliphatic carbocycles. The molecule has 0 saturated heterocycles. The quantitative estimate of drug-likeness (QED) is 0.302. The third-order valence-electron chi connectivity index (χ3n) is 1.39. The van der Waals surface area contributed by atoms with Gasteiger partial charge >= 0.3 is 59.1 Å². The Bertz CT molecular complexity index is 315. The minimum Gasteiger partial charge on any atom is -0.780 e. The number of hydrogen-bond donors (Lipinski definition) is 5. The van der Waals surface area contributed by atoms with E-state index in [4.69, 9.17) is 38.8 Å². The zero-order valence-corrected chi connectivity index (χ0v) is 16.0. The van der Waals surface area contributed by atoms with Gasteiger partial charge in [-0.3, -0.25) is 9.00 Å². The number of ketones is 1. The van der Waals surface area contributed by atoms with Gasteiger partial charge < -0.3 is 34.6 Å². The van der Waals surface area contributed by atoms with Crippen LogP contribution in [0.1, 0.15) is 0 Å². The van der Waals surface area contributed by atoms with E-state index in [9.17, 15) is 4.79 Å². The zero-order chi connectivity index (χ0) is 14.2. The summed E-state index contributed by atoms with van der Waals surface area (Å²) < 4.78 is 26.7. The fourth-order valence-corrected chi connectivity index (χ4v) is 0.602. The number of hydrogen-bond acceptors (Lipinski definition) is 10. The van der Waals surface area contributed by atoms with Gasteiger partial charge in [0.25, 0.3) is 0 Å². The molecule has 3 unspecified atom stereocenters. The number of aliphatic hydroxyl groups excluding tert-OH is 5. The van der Waals surface area contributed by atoms with Crippen molar-refractivity contribution in [3.05, 3.63) is 0 Å². The number of carbonyl (C=O) groups is 1. The van der Waals surface area contributed by atoms with Crippen molar-refractivity contribution in [3.63, 3.8) is 0 Å². The third kappa shape index (κ3) is 19.8. The molecule has 0 heterocycles. The van der Waals surface area contributed by atoms with Crippen LogP contribution in [0.15, 0.2) is 0 Å². The van der Waals surface area contributed by atoms with Crippen LogP contribution in [0.25, 0.3) is 0 Å². The number of carbonyl (C=O) groups excluding carboxylic acids is 1. The molecule has 0 aliphatic rings. The average Bonchev–Trinajstić information content (AvgIpc) is 2.22. The molecule has 0 saturated carbocycles. The molecular weight excluding hydrogens is 326 g/mol. The van der Waals surface area contributed by atoms with E-state index >= 15 is 0 Å². The van der Waals surface area contributed by atoms with Gasteiger partial charge in [-0.2, -0.15) is 0 Å². The first-order chi connectivity index (χ1) is 7.54. The van der Waals surface area contributed by atoms with Gasteiger partial charge in [0.05, 0.1) is 6.61 Å². The van der Waals surface area contributed by atoms with Gasteiger partial charge in [-0.05, 0) is 11.2 Å². The molecule has 13 heteroatoms. The first-order valence-electron chi connectivity index (χ1n) is 3.99. The van der Waals surface area contributed by atoms with Crippen LogP contribution < -0.4 is 59.1 Å². The normalized spacial score (nSPS) is 14.7. The molecule has 104 valence electrons.